The van der Waals surface area contributed by atoms with Crippen LogP contribution in [0.2, 0.25) is 0 Å². The molecule has 5 rings (SSSR count). The third kappa shape index (κ3) is 2.69. The summed E-state index contributed by atoms with van der Waals surface area (Å²) in [5, 5.41) is 11.7. The van der Waals surface area contributed by atoms with E-state index in [9.17, 15) is 9.59 Å². The highest BCUT2D eigenvalue weighted by atomic mass is 16.5. The van der Waals surface area contributed by atoms with Crippen LogP contribution in [0.25, 0.3) is 0 Å². The fourth-order valence-electron chi connectivity index (χ4n) is 4.71. The van der Waals surface area contributed by atoms with Gasteiger partial charge in [0.05, 0.1) is 17.5 Å². The maximum absolute atomic E-state index is 12.9. The van der Waals surface area contributed by atoms with Gasteiger partial charge in [-0.3, -0.25) is 14.5 Å². The lowest BCUT2D eigenvalue weighted by atomic mass is 9.85. The molecule has 2 amide bonds. The third-order valence-corrected chi connectivity index (χ3v) is 6.06. The standard InChI is InChI=1S/C22H19N3O4/c23-20(24-28)12-3-7-16(8-4-12)29-17-9-5-15(6-10-17)25-21(26)18-13-1-2-14(11-13)19(18)22(25)27/h1-10,13-14,18-19,28H,11H2,(H2,23,24)/t13-,14-,18+,19+/m0/s1. The van der Waals surface area contributed by atoms with Gasteiger partial charge in [-0.15, -0.1) is 0 Å². The molecule has 7 heteroatoms. The van der Waals surface area contributed by atoms with Gasteiger partial charge in [-0.1, -0.05) is 17.3 Å². The minimum Gasteiger partial charge on any atom is -0.457 e. The number of benzene rings is 2. The summed E-state index contributed by atoms with van der Waals surface area (Å²) in [6.45, 7) is 0. The second-order valence-electron chi connectivity index (χ2n) is 7.62. The molecule has 29 heavy (non-hydrogen) atoms. The maximum Gasteiger partial charge on any atom is 0.238 e. The average Bonchev–Trinajstić information content (AvgIpc) is 3.43. The van der Waals surface area contributed by atoms with Crippen molar-refractivity contribution < 1.29 is 19.5 Å². The number of amidine groups is 1. The summed E-state index contributed by atoms with van der Waals surface area (Å²) in [4.78, 5) is 27.1. The number of fused-ring (bicyclic) bond motifs is 5. The fraction of sp³-hybridized carbons (Fsp3) is 0.227. The van der Waals surface area contributed by atoms with E-state index >= 15 is 0 Å². The van der Waals surface area contributed by atoms with Gasteiger partial charge in [0.2, 0.25) is 11.8 Å². The van der Waals surface area contributed by atoms with Gasteiger partial charge in [0.15, 0.2) is 5.84 Å². The molecule has 1 heterocycles. The average molecular weight is 389 g/mol. The highest BCUT2D eigenvalue weighted by Crippen LogP contribution is 2.53. The number of ether oxygens (including phenoxy) is 1. The first-order valence-corrected chi connectivity index (χ1v) is 9.49. The normalized spacial score (nSPS) is 27.6. The van der Waals surface area contributed by atoms with Crippen LogP contribution < -0.4 is 15.4 Å². The molecule has 7 nitrogen and oxygen atoms in total. The Bertz CT molecular complexity index is 1010. The summed E-state index contributed by atoms with van der Waals surface area (Å²) in [6, 6.07) is 13.7. The van der Waals surface area contributed by atoms with Gasteiger partial charge < -0.3 is 15.7 Å². The molecule has 2 fully saturated rings. The predicted molar refractivity (Wildman–Crippen MR) is 106 cm³/mol. The molecular formula is C22H19N3O4. The van der Waals surface area contributed by atoms with E-state index in [1.807, 2.05) is 0 Å². The van der Waals surface area contributed by atoms with Crippen molar-refractivity contribution in [2.75, 3.05) is 4.90 Å². The smallest absolute Gasteiger partial charge is 0.238 e. The van der Waals surface area contributed by atoms with E-state index in [1.165, 1.54) is 4.90 Å². The number of rotatable bonds is 4. The van der Waals surface area contributed by atoms with Gasteiger partial charge in [-0.05, 0) is 66.8 Å². The van der Waals surface area contributed by atoms with Crippen LogP contribution in [0.15, 0.2) is 65.8 Å². The zero-order valence-electron chi connectivity index (χ0n) is 15.4. The first-order valence-electron chi connectivity index (χ1n) is 9.49. The molecule has 2 aromatic rings. The number of nitrogens with two attached hydrogens (primary N) is 1. The second-order valence-corrected chi connectivity index (χ2v) is 7.62. The van der Waals surface area contributed by atoms with E-state index in [2.05, 4.69) is 17.3 Å². The van der Waals surface area contributed by atoms with Crippen LogP contribution in [-0.4, -0.2) is 22.9 Å². The van der Waals surface area contributed by atoms with Crippen LogP contribution in [0, 0.1) is 23.7 Å². The summed E-state index contributed by atoms with van der Waals surface area (Å²) in [5.41, 5.74) is 6.70. The highest BCUT2D eigenvalue weighted by Gasteiger charge is 2.59. The summed E-state index contributed by atoms with van der Waals surface area (Å²) >= 11 is 0. The number of hydrogen-bond acceptors (Lipinski definition) is 5. The minimum absolute atomic E-state index is 0.0225. The number of carbonyl (C=O) groups excluding carboxylic acids is 2. The molecule has 146 valence electrons. The van der Waals surface area contributed by atoms with Crippen molar-refractivity contribution in [1.82, 2.24) is 0 Å². The molecule has 0 radical (unpaired) electrons. The SMILES string of the molecule is N/C(=N/O)c1ccc(Oc2ccc(N3C(=O)[C@H]4[C@H](C3=O)[C@H]3C=C[C@H]4C3)cc2)cc1. The van der Waals surface area contributed by atoms with Gasteiger partial charge in [0, 0.05) is 5.56 Å². The largest absolute Gasteiger partial charge is 0.457 e. The van der Waals surface area contributed by atoms with Crippen molar-refractivity contribution >= 4 is 23.3 Å². The van der Waals surface area contributed by atoms with Crippen molar-refractivity contribution in [3.63, 3.8) is 0 Å². The number of oxime groups is 1. The van der Waals surface area contributed by atoms with Crippen LogP contribution in [0.3, 0.4) is 0 Å². The number of anilines is 1. The lowest BCUT2D eigenvalue weighted by Gasteiger charge is -2.17. The van der Waals surface area contributed by atoms with Gasteiger partial charge >= 0.3 is 0 Å². The second kappa shape index (κ2) is 6.48. The molecule has 1 aliphatic heterocycles. The molecular weight excluding hydrogens is 370 g/mol. The molecule has 0 unspecified atom stereocenters. The van der Waals surface area contributed by atoms with Gasteiger partial charge in [0.1, 0.15) is 11.5 Å². The Morgan fingerprint density at radius 3 is 1.97 bits per heavy atom. The third-order valence-electron chi connectivity index (χ3n) is 6.06. The Hall–Kier alpha value is -3.61. The zero-order valence-corrected chi connectivity index (χ0v) is 15.4. The molecule has 1 saturated heterocycles. The van der Waals surface area contributed by atoms with E-state index in [0.717, 1.165) is 6.42 Å². The molecule has 1 saturated carbocycles. The number of allylic oxidation sites excluding steroid dienone is 2. The minimum atomic E-state index is -0.207. The van der Waals surface area contributed by atoms with Gasteiger partial charge in [0.25, 0.3) is 0 Å². The topological polar surface area (TPSA) is 105 Å². The molecule has 3 N–H and O–H groups in total. The van der Waals surface area contributed by atoms with Crippen LogP contribution in [0.1, 0.15) is 12.0 Å². The van der Waals surface area contributed by atoms with Crippen molar-refractivity contribution in [1.29, 1.82) is 0 Å². The Morgan fingerprint density at radius 1 is 0.931 bits per heavy atom. The first-order chi connectivity index (χ1) is 14.1. The van der Waals surface area contributed by atoms with E-state index in [4.69, 9.17) is 15.7 Å². The van der Waals surface area contributed by atoms with Crippen molar-refractivity contribution in [3.05, 3.63) is 66.2 Å². The number of imide groups is 1. The van der Waals surface area contributed by atoms with Crippen LogP contribution in [-0.2, 0) is 9.59 Å². The summed E-state index contributed by atoms with van der Waals surface area (Å²) in [5.74, 6) is 0.972. The van der Waals surface area contributed by atoms with E-state index < -0.39 is 0 Å². The number of amides is 2. The summed E-state index contributed by atoms with van der Waals surface area (Å²) in [7, 11) is 0. The molecule has 2 aromatic carbocycles. The van der Waals surface area contributed by atoms with Crippen molar-refractivity contribution in [2.24, 2.45) is 34.6 Å². The Morgan fingerprint density at radius 2 is 1.45 bits per heavy atom. The highest BCUT2D eigenvalue weighted by molar-refractivity contribution is 6.22. The lowest BCUT2D eigenvalue weighted by molar-refractivity contribution is -0.123. The van der Waals surface area contributed by atoms with E-state index in [-0.39, 0.29) is 41.3 Å². The summed E-state index contributed by atoms with van der Waals surface area (Å²) in [6.07, 6.45) is 5.09. The Balaban J connectivity index is 1.32. The number of nitrogens with zero attached hydrogens (tertiary/aromatic N) is 2. The van der Waals surface area contributed by atoms with E-state index in [0.29, 0.717) is 22.7 Å². The lowest BCUT2D eigenvalue weighted by Crippen LogP contribution is -2.32. The first kappa shape index (κ1) is 17.5. The number of carbonyl (C=O) groups is 2. The molecule has 0 spiro atoms. The molecule has 3 aliphatic rings. The fourth-order valence-corrected chi connectivity index (χ4v) is 4.71. The monoisotopic (exact) mass is 389 g/mol. The molecule has 2 bridgehead atoms. The zero-order chi connectivity index (χ0) is 20.1. The van der Waals surface area contributed by atoms with Gasteiger partial charge in [-0.25, -0.2) is 0 Å². The predicted octanol–water partition coefficient (Wildman–Crippen LogP) is 2.88. The van der Waals surface area contributed by atoms with E-state index in [1.54, 1.807) is 48.5 Å². The number of hydrogen-bond donors (Lipinski definition) is 2. The van der Waals surface area contributed by atoms with Gasteiger partial charge in [-0.2, -0.15) is 0 Å². The van der Waals surface area contributed by atoms with Crippen LogP contribution in [0.5, 0.6) is 11.5 Å². The molecule has 2 aliphatic carbocycles. The Labute approximate surface area is 167 Å². The molecule has 4 atom stereocenters. The summed E-state index contributed by atoms with van der Waals surface area (Å²) < 4.78 is 5.80. The Kier molecular flexibility index (Phi) is 3.91. The van der Waals surface area contributed by atoms with Crippen molar-refractivity contribution in [3.8, 4) is 11.5 Å². The van der Waals surface area contributed by atoms with Crippen LogP contribution in [0.4, 0.5) is 5.69 Å². The molecule has 0 aromatic heterocycles. The quantitative estimate of drug-likeness (QED) is 0.209. The maximum atomic E-state index is 12.9. The van der Waals surface area contributed by atoms with Crippen molar-refractivity contribution in [2.45, 2.75) is 6.42 Å². The van der Waals surface area contributed by atoms with Crippen LogP contribution >= 0.6 is 0 Å².